The van der Waals surface area contributed by atoms with Crippen molar-refractivity contribution in [3.63, 3.8) is 0 Å². The summed E-state index contributed by atoms with van der Waals surface area (Å²) in [5, 5.41) is 3.45. The van der Waals surface area contributed by atoms with E-state index in [2.05, 4.69) is 19.2 Å². The third-order valence-electron chi connectivity index (χ3n) is 4.00. The molecule has 0 aromatic carbocycles. The molecule has 2 rings (SSSR count). The predicted octanol–water partition coefficient (Wildman–Crippen LogP) is 3.45. The molecular formula is C13H27N. The van der Waals surface area contributed by atoms with Gasteiger partial charge in [0.15, 0.2) is 0 Å². The van der Waals surface area contributed by atoms with Crippen molar-refractivity contribution in [2.45, 2.75) is 53.4 Å². The summed E-state index contributed by atoms with van der Waals surface area (Å²) in [6.45, 7) is 11.3. The fourth-order valence-corrected chi connectivity index (χ4v) is 2.89. The normalized spacial score (nSPS) is 25.5. The van der Waals surface area contributed by atoms with Crippen molar-refractivity contribution in [3.8, 4) is 0 Å². The van der Waals surface area contributed by atoms with Gasteiger partial charge < -0.3 is 5.32 Å². The van der Waals surface area contributed by atoms with Crippen LogP contribution < -0.4 is 5.32 Å². The lowest BCUT2D eigenvalue weighted by atomic mass is 9.55. The topological polar surface area (TPSA) is 12.0 Å². The van der Waals surface area contributed by atoms with Crippen LogP contribution in [-0.2, 0) is 0 Å². The molecule has 1 nitrogen and oxygen atoms in total. The van der Waals surface area contributed by atoms with Crippen molar-refractivity contribution >= 4 is 0 Å². The van der Waals surface area contributed by atoms with Gasteiger partial charge in [0.25, 0.3) is 0 Å². The molecule has 0 aromatic rings. The number of piperidine rings is 1. The molecule has 0 bridgehead atoms. The average Bonchev–Trinajstić information content (AvgIpc) is 2.18. The predicted molar refractivity (Wildman–Crippen MR) is 63.4 cm³/mol. The molecule has 1 aliphatic carbocycles. The van der Waals surface area contributed by atoms with E-state index < -0.39 is 0 Å². The molecule has 1 heteroatoms. The summed E-state index contributed by atoms with van der Waals surface area (Å²) in [5.74, 6) is 1.97. The minimum Gasteiger partial charge on any atom is -0.317 e. The van der Waals surface area contributed by atoms with Crippen LogP contribution in [0.5, 0.6) is 0 Å². The molecule has 2 aliphatic rings. The molecule has 1 aliphatic heterocycles. The molecule has 1 N–H and O–H groups in total. The summed E-state index contributed by atoms with van der Waals surface area (Å²) >= 11 is 0. The summed E-state index contributed by atoms with van der Waals surface area (Å²) in [5.41, 5.74) is 0.792. The van der Waals surface area contributed by atoms with Gasteiger partial charge in [-0.15, -0.1) is 0 Å². The van der Waals surface area contributed by atoms with Crippen LogP contribution in [0.4, 0.5) is 0 Å². The first kappa shape index (κ1) is 12.0. The van der Waals surface area contributed by atoms with E-state index in [0.29, 0.717) is 0 Å². The summed E-state index contributed by atoms with van der Waals surface area (Å²) < 4.78 is 0. The Labute approximate surface area is 89.7 Å². The van der Waals surface area contributed by atoms with E-state index in [0.717, 1.165) is 17.3 Å². The van der Waals surface area contributed by atoms with Crippen LogP contribution in [0.2, 0.25) is 0 Å². The van der Waals surface area contributed by atoms with Gasteiger partial charge in [-0.2, -0.15) is 0 Å². The van der Waals surface area contributed by atoms with Gasteiger partial charge in [-0.25, -0.2) is 0 Å². The molecule has 1 saturated carbocycles. The SMILES string of the molecule is CC.CC(C)C1CC2(CCNCC2)C1. The fraction of sp³-hybridized carbons (Fsp3) is 1.00. The maximum Gasteiger partial charge on any atom is -0.00436 e. The van der Waals surface area contributed by atoms with Crippen LogP contribution in [0.15, 0.2) is 0 Å². The Kier molecular flexibility index (Phi) is 4.43. The molecule has 84 valence electrons. The van der Waals surface area contributed by atoms with Gasteiger partial charge in [0.2, 0.25) is 0 Å². The summed E-state index contributed by atoms with van der Waals surface area (Å²) in [4.78, 5) is 0. The zero-order valence-electron chi connectivity index (χ0n) is 10.4. The molecule has 1 saturated heterocycles. The minimum atomic E-state index is 0.792. The van der Waals surface area contributed by atoms with E-state index in [1.807, 2.05) is 13.8 Å². The molecule has 0 amide bonds. The van der Waals surface area contributed by atoms with Gasteiger partial charge in [0.05, 0.1) is 0 Å². The van der Waals surface area contributed by atoms with Gasteiger partial charge in [-0.3, -0.25) is 0 Å². The second kappa shape index (κ2) is 5.16. The van der Waals surface area contributed by atoms with E-state index in [1.165, 1.54) is 38.8 Å². The molecule has 0 atom stereocenters. The van der Waals surface area contributed by atoms with Crippen molar-refractivity contribution in [3.05, 3.63) is 0 Å². The van der Waals surface area contributed by atoms with E-state index >= 15 is 0 Å². The molecule has 1 heterocycles. The highest BCUT2D eigenvalue weighted by Gasteiger charge is 2.44. The second-order valence-electron chi connectivity index (χ2n) is 5.16. The standard InChI is InChI=1S/C11H21N.C2H6/c1-9(2)10-7-11(8-10)3-5-12-6-4-11;1-2/h9-10,12H,3-8H2,1-2H3;1-2H3. The molecular weight excluding hydrogens is 170 g/mol. The lowest BCUT2D eigenvalue weighted by Gasteiger charge is -2.52. The molecule has 14 heavy (non-hydrogen) atoms. The van der Waals surface area contributed by atoms with Crippen LogP contribution in [0.1, 0.15) is 53.4 Å². The number of nitrogens with one attached hydrogen (secondary N) is 1. The van der Waals surface area contributed by atoms with Crippen molar-refractivity contribution in [1.29, 1.82) is 0 Å². The smallest absolute Gasteiger partial charge is 0.00436 e. The summed E-state index contributed by atoms with van der Waals surface area (Å²) in [7, 11) is 0. The zero-order chi connectivity index (χ0) is 10.6. The number of hydrogen-bond donors (Lipinski definition) is 1. The van der Waals surface area contributed by atoms with Crippen LogP contribution in [0, 0.1) is 17.3 Å². The van der Waals surface area contributed by atoms with E-state index in [4.69, 9.17) is 0 Å². The zero-order valence-corrected chi connectivity index (χ0v) is 10.4. The van der Waals surface area contributed by atoms with E-state index in [9.17, 15) is 0 Å². The Hall–Kier alpha value is -0.0400. The lowest BCUT2D eigenvalue weighted by Crippen LogP contribution is -2.46. The highest BCUT2D eigenvalue weighted by atomic mass is 14.9. The van der Waals surface area contributed by atoms with Crippen LogP contribution in [0.25, 0.3) is 0 Å². The fourth-order valence-electron chi connectivity index (χ4n) is 2.89. The lowest BCUT2D eigenvalue weighted by molar-refractivity contribution is -0.00191. The van der Waals surface area contributed by atoms with Gasteiger partial charge in [-0.1, -0.05) is 27.7 Å². The minimum absolute atomic E-state index is 0.792. The Bertz CT molecular complexity index is 149. The van der Waals surface area contributed by atoms with Crippen molar-refractivity contribution in [1.82, 2.24) is 5.32 Å². The van der Waals surface area contributed by atoms with Crippen LogP contribution >= 0.6 is 0 Å². The molecule has 2 fully saturated rings. The van der Waals surface area contributed by atoms with Gasteiger partial charge in [-0.05, 0) is 56.0 Å². The summed E-state index contributed by atoms with van der Waals surface area (Å²) in [6, 6.07) is 0. The quantitative estimate of drug-likeness (QED) is 0.679. The number of hydrogen-bond acceptors (Lipinski definition) is 1. The first-order valence-electron chi connectivity index (χ1n) is 6.43. The van der Waals surface area contributed by atoms with Crippen molar-refractivity contribution < 1.29 is 0 Å². The first-order valence-corrected chi connectivity index (χ1v) is 6.43. The average molecular weight is 197 g/mol. The van der Waals surface area contributed by atoms with Crippen LogP contribution in [-0.4, -0.2) is 13.1 Å². The molecule has 0 unspecified atom stereocenters. The highest BCUT2D eigenvalue weighted by Crippen LogP contribution is 2.53. The Morgan fingerprint density at radius 3 is 2.00 bits per heavy atom. The maximum absolute atomic E-state index is 3.45. The van der Waals surface area contributed by atoms with Crippen molar-refractivity contribution in [2.75, 3.05) is 13.1 Å². The number of rotatable bonds is 1. The van der Waals surface area contributed by atoms with Gasteiger partial charge in [0, 0.05) is 0 Å². The van der Waals surface area contributed by atoms with Gasteiger partial charge in [0.1, 0.15) is 0 Å². The largest absolute Gasteiger partial charge is 0.317 e. The monoisotopic (exact) mass is 197 g/mol. The summed E-state index contributed by atoms with van der Waals surface area (Å²) in [6.07, 6.45) is 5.92. The van der Waals surface area contributed by atoms with Gasteiger partial charge >= 0.3 is 0 Å². The van der Waals surface area contributed by atoms with Crippen molar-refractivity contribution in [2.24, 2.45) is 17.3 Å². The Morgan fingerprint density at radius 2 is 1.57 bits per heavy atom. The van der Waals surface area contributed by atoms with Crippen LogP contribution in [0.3, 0.4) is 0 Å². The first-order chi connectivity index (χ1) is 6.72. The third-order valence-corrected chi connectivity index (χ3v) is 4.00. The highest BCUT2D eigenvalue weighted by molar-refractivity contribution is 4.96. The Morgan fingerprint density at radius 1 is 1.07 bits per heavy atom. The molecule has 0 radical (unpaired) electrons. The van der Waals surface area contributed by atoms with E-state index in [-0.39, 0.29) is 0 Å². The molecule has 0 aromatic heterocycles. The second-order valence-corrected chi connectivity index (χ2v) is 5.16. The molecule has 1 spiro atoms. The third kappa shape index (κ3) is 2.50. The van der Waals surface area contributed by atoms with E-state index in [1.54, 1.807) is 0 Å². The maximum atomic E-state index is 3.45. The Balaban J connectivity index is 0.000000461.